The maximum Gasteiger partial charge on any atom is 0.258 e. The van der Waals surface area contributed by atoms with Gasteiger partial charge in [-0.05, 0) is 37.9 Å². The Morgan fingerprint density at radius 2 is 2.19 bits per heavy atom. The van der Waals surface area contributed by atoms with Crippen molar-refractivity contribution in [3.8, 4) is 0 Å². The Bertz CT molecular complexity index is 636. The molecular formula is C15H20N4OS. The van der Waals surface area contributed by atoms with Gasteiger partial charge in [0.2, 0.25) is 0 Å². The summed E-state index contributed by atoms with van der Waals surface area (Å²) in [5.41, 5.74) is 8.60. The Kier molecular flexibility index (Phi) is 4.80. The average molecular weight is 304 g/mol. The Morgan fingerprint density at radius 3 is 2.86 bits per heavy atom. The molecule has 5 nitrogen and oxygen atoms in total. The molecule has 2 rings (SSSR count). The molecular weight excluding hydrogens is 284 g/mol. The summed E-state index contributed by atoms with van der Waals surface area (Å²) in [4.78, 5) is 12.2. The smallest absolute Gasteiger partial charge is 0.258 e. The summed E-state index contributed by atoms with van der Waals surface area (Å²) < 4.78 is 4.07. The van der Waals surface area contributed by atoms with E-state index in [1.165, 1.54) is 17.1 Å². The summed E-state index contributed by atoms with van der Waals surface area (Å²) in [6, 6.07) is 8.26. The van der Waals surface area contributed by atoms with Crippen LogP contribution >= 0.6 is 11.5 Å². The van der Waals surface area contributed by atoms with E-state index < -0.39 is 0 Å². The highest BCUT2D eigenvalue weighted by Gasteiger charge is 2.19. The van der Waals surface area contributed by atoms with Crippen molar-refractivity contribution >= 4 is 28.3 Å². The monoisotopic (exact) mass is 304 g/mol. The summed E-state index contributed by atoms with van der Waals surface area (Å²) in [6.45, 7) is 6.50. The SMILES string of the molecule is Cc1cccc(CNc2snc(N)c2C(=O)NC(C)C)c1. The molecule has 4 N–H and O–H groups in total. The second-order valence-electron chi connectivity index (χ2n) is 5.24. The Balaban J connectivity index is 2.12. The molecule has 112 valence electrons. The minimum absolute atomic E-state index is 0.0569. The zero-order valence-electron chi connectivity index (χ0n) is 12.4. The van der Waals surface area contributed by atoms with Crippen LogP contribution in [-0.2, 0) is 6.54 Å². The fraction of sp³-hybridized carbons (Fsp3) is 0.333. The number of benzene rings is 1. The van der Waals surface area contributed by atoms with Crippen molar-refractivity contribution in [2.45, 2.75) is 33.4 Å². The van der Waals surface area contributed by atoms with Crippen LogP contribution < -0.4 is 16.4 Å². The number of rotatable bonds is 5. The van der Waals surface area contributed by atoms with Gasteiger partial charge < -0.3 is 16.4 Å². The van der Waals surface area contributed by atoms with Crippen molar-refractivity contribution < 1.29 is 4.79 Å². The highest BCUT2D eigenvalue weighted by atomic mass is 32.1. The lowest BCUT2D eigenvalue weighted by molar-refractivity contribution is 0.0945. The van der Waals surface area contributed by atoms with E-state index >= 15 is 0 Å². The number of nitrogens with one attached hydrogen (secondary N) is 2. The molecule has 0 saturated carbocycles. The Hall–Kier alpha value is -2.08. The largest absolute Gasteiger partial charge is 0.382 e. The highest BCUT2D eigenvalue weighted by Crippen LogP contribution is 2.27. The van der Waals surface area contributed by atoms with Crippen LogP contribution in [-0.4, -0.2) is 16.3 Å². The molecule has 0 bridgehead atoms. The standard InChI is InChI=1S/C15H20N4OS/c1-9(2)18-14(20)12-13(16)19-21-15(12)17-8-11-6-4-5-10(3)7-11/h4-7,9,17H,8H2,1-3H3,(H2,16,19)(H,18,20). The van der Waals surface area contributed by atoms with Crippen molar-refractivity contribution in [3.05, 3.63) is 41.0 Å². The first-order chi connectivity index (χ1) is 9.97. The van der Waals surface area contributed by atoms with Crippen LogP contribution in [0.1, 0.15) is 35.3 Å². The summed E-state index contributed by atoms with van der Waals surface area (Å²) in [5.74, 6) is 0.0767. The number of carbonyl (C=O) groups excluding carboxylic acids is 1. The number of hydrogen-bond acceptors (Lipinski definition) is 5. The van der Waals surface area contributed by atoms with E-state index in [0.717, 1.165) is 5.56 Å². The molecule has 0 aliphatic rings. The molecule has 0 radical (unpaired) electrons. The predicted molar refractivity (Wildman–Crippen MR) is 87.6 cm³/mol. The van der Waals surface area contributed by atoms with Gasteiger partial charge in [-0.2, -0.15) is 4.37 Å². The predicted octanol–water partition coefficient (Wildman–Crippen LogP) is 2.78. The van der Waals surface area contributed by atoms with Crippen LogP contribution in [0.4, 0.5) is 10.8 Å². The van der Waals surface area contributed by atoms with Gasteiger partial charge in [0, 0.05) is 12.6 Å². The number of aromatic nitrogens is 1. The Labute approximate surface area is 128 Å². The third-order valence-electron chi connectivity index (χ3n) is 2.90. The van der Waals surface area contributed by atoms with Crippen molar-refractivity contribution in [3.63, 3.8) is 0 Å². The number of carbonyl (C=O) groups is 1. The van der Waals surface area contributed by atoms with Crippen LogP contribution in [0, 0.1) is 6.92 Å². The molecule has 1 amide bonds. The first-order valence-electron chi connectivity index (χ1n) is 6.82. The molecule has 21 heavy (non-hydrogen) atoms. The average Bonchev–Trinajstić information content (AvgIpc) is 2.77. The minimum atomic E-state index is -0.192. The number of anilines is 2. The zero-order valence-corrected chi connectivity index (χ0v) is 13.3. The first kappa shape index (κ1) is 15.3. The molecule has 0 aliphatic heterocycles. The topological polar surface area (TPSA) is 80.0 Å². The Morgan fingerprint density at radius 1 is 1.43 bits per heavy atom. The quantitative estimate of drug-likeness (QED) is 0.793. The molecule has 1 aromatic carbocycles. The number of nitrogen functional groups attached to an aromatic ring is 1. The third-order valence-corrected chi connectivity index (χ3v) is 3.72. The lowest BCUT2D eigenvalue weighted by atomic mass is 10.1. The fourth-order valence-electron chi connectivity index (χ4n) is 1.98. The third kappa shape index (κ3) is 3.95. The molecule has 0 fully saturated rings. The van der Waals surface area contributed by atoms with Crippen LogP contribution in [0.2, 0.25) is 0 Å². The van der Waals surface area contributed by atoms with E-state index in [1.54, 1.807) is 0 Å². The van der Waals surface area contributed by atoms with Gasteiger partial charge in [0.1, 0.15) is 10.6 Å². The van der Waals surface area contributed by atoms with Crippen molar-refractivity contribution in [2.24, 2.45) is 0 Å². The normalized spacial score (nSPS) is 10.7. The molecule has 0 saturated heterocycles. The van der Waals surface area contributed by atoms with E-state index in [-0.39, 0.29) is 17.8 Å². The van der Waals surface area contributed by atoms with Gasteiger partial charge in [-0.3, -0.25) is 4.79 Å². The van der Waals surface area contributed by atoms with Crippen LogP contribution in [0.3, 0.4) is 0 Å². The van der Waals surface area contributed by atoms with E-state index in [9.17, 15) is 4.79 Å². The molecule has 0 aliphatic carbocycles. The summed E-state index contributed by atoms with van der Waals surface area (Å²) in [5, 5.41) is 6.79. The second kappa shape index (κ2) is 6.58. The number of aryl methyl sites for hydroxylation is 1. The second-order valence-corrected chi connectivity index (χ2v) is 6.02. The van der Waals surface area contributed by atoms with E-state index in [0.29, 0.717) is 17.1 Å². The maximum atomic E-state index is 12.2. The molecule has 0 unspecified atom stereocenters. The number of nitrogens with two attached hydrogens (primary N) is 1. The lowest BCUT2D eigenvalue weighted by Crippen LogP contribution is -2.30. The molecule has 1 aromatic heterocycles. The summed E-state index contributed by atoms with van der Waals surface area (Å²) in [6.07, 6.45) is 0. The minimum Gasteiger partial charge on any atom is -0.382 e. The van der Waals surface area contributed by atoms with Crippen molar-refractivity contribution in [1.82, 2.24) is 9.69 Å². The van der Waals surface area contributed by atoms with Gasteiger partial charge in [0.25, 0.3) is 5.91 Å². The fourth-order valence-corrected chi connectivity index (χ4v) is 2.69. The summed E-state index contributed by atoms with van der Waals surface area (Å²) >= 11 is 1.21. The molecule has 0 spiro atoms. The number of hydrogen-bond donors (Lipinski definition) is 3. The van der Waals surface area contributed by atoms with E-state index in [4.69, 9.17) is 5.73 Å². The number of nitrogens with zero attached hydrogens (tertiary/aromatic N) is 1. The van der Waals surface area contributed by atoms with E-state index in [2.05, 4.69) is 34.1 Å². The first-order valence-corrected chi connectivity index (χ1v) is 7.60. The van der Waals surface area contributed by atoms with Gasteiger partial charge in [-0.15, -0.1) is 0 Å². The zero-order chi connectivity index (χ0) is 15.4. The van der Waals surface area contributed by atoms with Gasteiger partial charge in [0.15, 0.2) is 5.82 Å². The number of amides is 1. The van der Waals surface area contributed by atoms with E-state index in [1.807, 2.05) is 26.0 Å². The van der Waals surface area contributed by atoms with Crippen molar-refractivity contribution in [1.29, 1.82) is 0 Å². The van der Waals surface area contributed by atoms with Gasteiger partial charge >= 0.3 is 0 Å². The molecule has 2 aromatic rings. The maximum absolute atomic E-state index is 12.2. The van der Waals surface area contributed by atoms with Crippen LogP contribution in [0.5, 0.6) is 0 Å². The summed E-state index contributed by atoms with van der Waals surface area (Å²) in [7, 11) is 0. The molecule has 6 heteroatoms. The molecule has 0 atom stereocenters. The van der Waals surface area contributed by atoms with Gasteiger partial charge in [-0.25, -0.2) is 0 Å². The van der Waals surface area contributed by atoms with Crippen molar-refractivity contribution in [2.75, 3.05) is 11.1 Å². The van der Waals surface area contributed by atoms with Gasteiger partial charge in [0.05, 0.1) is 0 Å². The van der Waals surface area contributed by atoms with Gasteiger partial charge in [-0.1, -0.05) is 29.8 Å². The van der Waals surface area contributed by atoms with Crippen LogP contribution in [0.25, 0.3) is 0 Å². The van der Waals surface area contributed by atoms with Crippen LogP contribution in [0.15, 0.2) is 24.3 Å². The highest BCUT2D eigenvalue weighted by molar-refractivity contribution is 7.11. The lowest BCUT2D eigenvalue weighted by Gasteiger charge is -2.10. The molecule has 1 heterocycles.